The van der Waals surface area contributed by atoms with Gasteiger partial charge in [0.2, 0.25) is 5.91 Å². The molecule has 1 N–H and O–H groups in total. The van der Waals surface area contributed by atoms with Crippen LogP contribution in [0.2, 0.25) is 5.15 Å². The van der Waals surface area contributed by atoms with E-state index in [0.717, 1.165) is 31.7 Å². The molecule has 0 atom stereocenters. The molecule has 0 aliphatic carbocycles. The summed E-state index contributed by atoms with van der Waals surface area (Å²) in [5.41, 5.74) is 0. The zero-order chi connectivity index (χ0) is 13.1. The van der Waals surface area contributed by atoms with Crippen LogP contribution in [0.1, 0.15) is 25.6 Å². The fourth-order valence-corrected chi connectivity index (χ4v) is 2.44. The van der Waals surface area contributed by atoms with Crippen molar-refractivity contribution in [2.45, 2.75) is 32.7 Å². The van der Waals surface area contributed by atoms with Crippen LogP contribution in [0, 0.1) is 6.92 Å². The van der Waals surface area contributed by atoms with Gasteiger partial charge < -0.3 is 10.2 Å². The topological polar surface area (TPSA) is 58.1 Å². The number of rotatable bonds is 2. The van der Waals surface area contributed by atoms with Gasteiger partial charge in [0.05, 0.1) is 0 Å². The number of carbonyl (C=O) groups excluding carboxylic acids is 1. The number of piperidine rings is 1. The Morgan fingerprint density at radius 2 is 2.11 bits per heavy atom. The third kappa shape index (κ3) is 3.32. The molecular weight excluding hydrogens is 252 g/mol. The molecule has 1 amide bonds. The molecule has 0 spiro atoms. The number of halogens is 1. The van der Waals surface area contributed by atoms with Crippen molar-refractivity contribution in [2.75, 3.05) is 18.0 Å². The minimum Gasteiger partial charge on any atom is -0.356 e. The Labute approximate surface area is 112 Å². The summed E-state index contributed by atoms with van der Waals surface area (Å²) in [6.07, 6.45) is 1.86. The molecule has 0 saturated carbocycles. The first-order chi connectivity index (χ1) is 8.54. The minimum atomic E-state index is 0.0365. The molecule has 98 valence electrons. The van der Waals surface area contributed by atoms with E-state index in [4.69, 9.17) is 11.6 Å². The summed E-state index contributed by atoms with van der Waals surface area (Å²) < 4.78 is 0. The van der Waals surface area contributed by atoms with Crippen LogP contribution in [0.25, 0.3) is 0 Å². The maximum Gasteiger partial charge on any atom is 0.217 e. The Morgan fingerprint density at radius 1 is 1.44 bits per heavy atom. The molecule has 5 nitrogen and oxygen atoms in total. The van der Waals surface area contributed by atoms with E-state index < -0.39 is 0 Å². The van der Waals surface area contributed by atoms with Gasteiger partial charge in [0.1, 0.15) is 16.8 Å². The van der Waals surface area contributed by atoms with Gasteiger partial charge in [0, 0.05) is 32.1 Å². The lowest BCUT2D eigenvalue weighted by molar-refractivity contribution is -0.119. The normalized spacial score (nSPS) is 16.7. The fraction of sp³-hybridized carbons (Fsp3) is 0.583. The van der Waals surface area contributed by atoms with Gasteiger partial charge in [-0.25, -0.2) is 9.97 Å². The van der Waals surface area contributed by atoms with Crippen LogP contribution < -0.4 is 10.2 Å². The SMILES string of the molecule is CC(=O)NC1CCN(c2cc(Cl)nc(C)n2)CC1. The van der Waals surface area contributed by atoms with Crippen molar-refractivity contribution >= 4 is 23.3 Å². The van der Waals surface area contributed by atoms with E-state index in [0.29, 0.717) is 11.0 Å². The van der Waals surface area contributed by atoms with Crippen molar-refractivity contribution in [3.8, 4) is 0 Å². The lowest BCUT2D eigenvalue weighted by Gasteiger charge is -2.33. The molecule has 1 saturated heterocycles. The zero-order valence-electron chi connectivity index (χ0n) is 10.6. The highest BCUT2D eigenvalue weighted by molar-refractivity contribution is 6.29. The van der Waals surface area contributed by atoms with Gasteiger partial charge in [-0.15, -0.1) is 0 Å². The second-order valence-corrected chi connectivity index (χ2v) is 4.95. The average molecular weight is 269 g/mol. The number of anilines is 1. The van der Waals surface area contributed by atoms with Gasteiger partial charge in [0.25, 0.3) is 0 Å². The van der Waals surface area contributed by atoms with Gasteiger partial charge in [-0.3, -0.25) is 4.79 Å². The lowest BCUT2D eigenvalue weighted by Crippen LogP contribution is -2.44. The number of nitrogens with zero attached hydrogens (tertiary/aromatic N) is 3. The number of hydrogen-bond acceptors (Lipinski definition) is 4. The summed E-state index contributed by atoms with van der Waals surface area (Å²) in [6, 6.07) is 2.06. The van der Waals surface area contributed by atoms with E-state index in [1.807, 2.05) is 6.92 Å². The second-order valence-electron chi connectivity index (χ2n) is 4.56. The third-order valence-corrected chi connectivity index (χ3v) is 3.21. The largest absolute Gasteiger partial charge is 0.356 e. The third-order valence-electron chi connectivity index (χ3n) is 3.02. The highest BCUT2D eigenvalue weighted by atomic mass is 35.5. The number of hydrogen-bond donors (Lipinski definition) is 1. The fourth-order valence-electron chi connectivity index (χ4n) is 2.22. The zero-order valence-corrected chi connectivity index (χ0v) is 11.4. The predicted molar refractivity (Wildman–Crippen MR) is 70.8 cm³/mol. The molecule has 1 aliphatic heterocycles. The van der Waals surface area contributed by atoms with Crippen LogP contribution in [-0.2, 0) is 4.79 Å². The molecule has 0 aromatic carbocycles. The molecule has 6 heteroatoms. The Hall–Kier alpha value is -1.36. The smallest absolute Gasteiger partial charge is 0.217 e. The summed E-state index contributed by atoms with van der Waals surface area (Å²) in [7, 11) is 0. The molecule has 1 aliphatic rings. The van der Waals surface area contributed by atoms with Gasteiger partial charge in [-0.2, -0.15) is 0 Å². The van der Waals surface area contributed by atoms with Gasteiger partial charge in [-0.05, 0) is 19.8 Å². The van der Waals surface area contributed by atoms with E-state index in [2.05, 4.69) is 20.2 Å². The molecule has 0 unspecified atom stereocenters. The van der Waals surface area contributed by atoms with Crippen LogP contribution >= 0.6 is 11.6 Å². The summed E-state index contributed by atoms with van der Waals surface area (Å²) in [6.45, 7) is 5.13. The van der Waals surface area contributed by atoms with Crippen molar-refractivity contribution in [1.29, 1.82) is 0 Å². The van der Waals surface area contributed by atoms with Gasteiger partial charge >= 0.3 is 0 Å². The monoisotopic (exact) mass is 268 g/mol. The van der Waals surface area contributed by atoms with Crippen LogP contribution in [0.3, 0.4) is 0 Å². The summed E-state index contributed by atoms with van der Waals surface area (Å²) in [5.74, 6) is 1.59. The summed E-state index contributed by atoms with van der Waals surface area (Å²) in [5, 5.41) is 3.43. The van der Waals surface area contributed by atoms with Crippen LogP contribution in [-0.4, -0.2) is 35.0 Å². The van der Waals surface area contributed by atoms with Gasteiger partial charge in [-0.1, -0.05) is 11.6 Å². The van der Waals surface area contributed by atoms with Crippen LogP contribution in [0.15, 0.2) is 6.07 Å². The average Bonchev–Trinajstić information content (AvgIpc) is 2.27. The molecule has 1 fully saturated rings. The van der Waals surface area contributed by atoms with Crippen molar-refractivity contribution in [1.82, 2.24) is 15.3 Å². The predicted octanol–water partition coefficient (Wildman–Crippen LogP) is 1.54. The lowest BCUT2D eigenvalue weighted by atomic mass is 10.1. The van der Waals surface area contributed by atoms with E-state index in [1.54, 1.807) is 13.0 Å². The number of carbonyl (C=O) groups is 1. The number of nitrogens with one attached hydrogen (secondary N) is 1. The van der Waals surface area contributed by atoms with Crippen LogP contribution in [0.4, 0.5) is 5.82 Å². The molecule has 2 rings (SSSR count). The first-order valence-corrected chi connectivity index (χ1v) is 6.45. The van der Waals surface area contributed by atoms with Crippen molar-refractivity contribution in [3.63, 3.8) is 0 Å². The Kier molecular flexibility index (Phi) is 4.01. The van der Waals surface area contributed by atoms with Crippen molar-refractivity contribution in [2.24, 2.45) is 0 Å². The van der Waals surface area contributed by atoms with Crippen LogP contribution in [0.5, 0.6) is 0 Å². The maximum absolute atomic E-state index is 11.0. The molecule has 1 aromatic heterocycles. The second kappa shape index (κ2) is 5.52. The molecule has 18 heavy (non-hydrogen) atoms. The summed E-state index contributed by atoms with van der Waals surface area (Å²) in [4.78, 5) is 21.6. The van der Waals surface area contributed by atoms with E-state index in [9.17, 15) is 4.79 Å². The van der Waals surface area contributed by atoms with E-state index in [1.165, 1.54) is 0 Å². The Balaban J connectivity index is 1.98. The quantitative estimate of drug-likeness (QED) is 0.827. The molecular formula is C12H17ClN4O. The standard InChI is InChI=1S/C12H17ClN4O/c1-8-14-11(13)7-12(15-8)17-5-3-10(4-6-17)16-9(2)18/h7,10H,3-6H2,1-2H3,(H,16,18). The molecule has 0 bridgehead atoms. The van der Waals surface area contributed by atoms with Gasteiger partial charge in [0.15, 0.2) is 0 Å². The minimum absolute atomic E-state index is 0.0365. The first kappa shape index (κ1) is 13.1. The maximum atomic E-state index is 11.0. The highest BCUT2D eigenvalue weighted by Crippen LogP contribution is 2.20. The summed E-state index contributed by atoms with van der Waals surface area (Å²) >= 11 is 5.93. The van der Waals surface area contributed by atoms with E-state index >= 15 is 0 Å². The molecule has 2 heterocycles. The number of aryl methyl sites for hydroxylation is 1. The molecule has 1 aromatic rings. The van der Waals surface area contributed by atoms with E-state index in [-0.39, 0.29) is 11.9 Å². The van der Waals surface area contributed by atoms with Crippen molar-refractivity contribution < 1.29 is 4.79 Å². The number of aromatic nitrogens is 2. The number of amides is 1. The Morgan fingerprint density at radius 3 is 2.67 bits per heavy atom. The van der Waals surface area contributed by atoms with Crippen molar-refractivity contribution in [3.05, 3.63) is 17.0 Å². The highest BCUT2D eigenvalue weighted by Gasteiger charge is 2.21. The Bertz CT molecular complexity index is 423. The molecule has 0 radical (unpaired) electrons. The first-order valence-electron chi connectivity index (χ1n) is 6.08.